The number of pyridine rings is 1. The summed E-state index contributed by atoms with van der Waals surface area (Å²) in [4.78, 5) is 35.9. The molecule has 0 radical (unpaired) electrons. The van der Waals surface area contributed by atoms with Crippen LogP contribution >= 0.6 is 23.2 Å². The summed E-state index contributed by atoms with van der Waals surface area (Å²) in [5.41, 5.74) is 5.39. The molecular formula is C31H32Cl2N6O5. The van der Waals surface area contributed by atoms with E-state index in [9.17, 15) is 19.8 Å². The molecule has 4 aromatic rings. The average molecular weight is 640 g/mol. The zero-order chi connectivity index (χ0) is 31.5. The number of aromatic nitrogens is 3. The van der Waals surface area contributed by atoms with E-state index in [1.165, 1.54) is 7.11 Å². The van der Waals surface area contributed by atoms with Gasteiger partial charge in [-0.15, -0.1) is 0 Å². The number of carbonyl (C=O) groups is 2. The Labute approximate surface area is 264 Å². The van der Waals surface area contributed by atoms with Gasteiger partial charge in [0.2, 0.25) is 5.88 Å². The van der Waals surface area contributed by atoms with Gasteiger partial charge in [0, 0.05) is 61.1 Å². The molecular weight excluding hydrogens is 607 g/mol. The molecule has 4 N–H and O–H groups in total. The van der Waals surface area contributed by atoms with Crippen molar-refractivity contribution in [2.45, 2.75) is 25.6 Å². The van der Waals surface area contributed by atoms with E-state index in [2.05, 4.69) is 25.5 Å². The van der Waals surface area contributed by atoms with Crippen LogP contribution in [0.3, 0.4) is 0 Å². The number of likely N-dealkylation sites (N-methyl/N-ethyl adjacent to an activating group) is 1. The minimum atomic E-state index is -1.16. The highest BCUT2D eigenvalue weighted by Crippen LogP contribution is 2.41. The molecule has 3 heterocycles. The molecule has 2 aromatic carbocycles. The number of ether oxygens (including phenoxy) is 1. The van der Waals surface area contributed by atoms with Crippen molar-refractivity contribution >= 4 is 40.8 Å². The third-order valence-corrected chi connectivity index (χ3v) is 8.43. The standard InChI is InChI=1S/C31H32Cl2N6O5/c1-38-13-12-25-23(15-38)35-28(39(25)2)29(41)36-22-9-5-7-19(27(22)33)18-6-4-8-20(26(18)32)21-11-10-17(30(37-21)44-3)14-34-24(16-40)31(42)43/h4-11,24,34,40H,12-16H2,1-3H3,(H,36,41)(H,42,43)/t24-/m0/s1. The summed E-state index contributed by atoms with van der Waals surface area (Å²) in [7, 11) is 5.34. The quantitative estimate of drug-likeness (QED) is 0.201. The average Bonchev–Trinajstić information content (AvgIpc) is 3.34. The molecule has 11 nitrogen and oxygen atoms in total. The van der Waals surface area contributed by atoms with Crippen molar-refractivity contribution in [1.29, 1.82) is 0 Å². The smallest absolute Gasteiger partial charge is 0.323 e. The first kappa shape index (κ1) is 31.4. The Morgan fingerprint density at radius 3 is 2.43 bits per heavy atom. The van der Waals surface area contributed by atoms with Crippen LogP contribution in [-0.4, -0.2) is 74.9 Å². The Morgan fingerprint density at radius 1 is 1.02 bits per heavy atom. The Hall–Kier alpha value is -4.00. The molecule has 44 heavy (non-hydrogen) atoms. The summed E-state index contributed by atoms with van der Waals surface area (Å²) in [6.45, 7) is 1.16. The maximum absolute atomic E-state index is 13.3. The molecule has 13 heteroatoms. The Bertz CT molecular complexity index is 1730. The van der Waals surface area contributed by atoms with E-state index < -0.39 is 18.6 Å². The molecule has 2 aromatic heterocycles. The summed E-state index contributed by atoms with van der Waals surface area (Å²) in [6.07, 6.45) is 0.822. The van der Waals surface area contributed by atoms with Gasteiger partial charge in [-0.3, -0.25) is 14.9 Å². The van der Waals surface area contributed by atoms with E-state index in [-0.39, 0.29) is 18.3 Å². The number of carbonyl (C=O) groups excluding carboxylic acids is 1. The first-order valence-corrected chi connectivity index (χ1v) is 14.6. The summed E-state index contributed by atoms with van der Waals surface area (Å²) in [5.74, 6) is -0.919. The maximum atomic E-state index is 13.3. The Balaban J connectivity index is 1.41. The zero-order valence-electron chi connectivity index (χ0n) is 24.4. The van der Waals surface area contributed by atoms with Gasteiger partial charge in [-0.1, -0.05) is 59.6 Å². The van der Waals surface area contributed by atoms with Crippen molar-refractivity contribution in [3.8, 4) is 28.3 Å². The summed E-state index contributed by atoms with van der Waals surface area (Å²) >= 11 is 13.8. The van der Waals surface area contributed by atoms with Crippen molar-refractivity contribution in [2.24, 2.45) is 7.05 Å². The number of rotatable bonds is 10. The van der Waals surface area contributed by atoms with Crippen LogP contribution in [0.4, 0.5) is 5.69 Å². The number of hydrogen-bond donors (Lipinski definition) is 4. The lowest BCUT2D eigenvalue weighted by Crippen LogP contribution is -2.39. The molecule has 1 aliphatic rings. The highest BCUT2D eigenvalue weighted by Gasteiger charge is 2.25. The number of amides is 1. The largest absolute Gasteiger partial charge is 0.481 e. The van der Waals surface area contributed by atoms with Gasteiger partial charge in [0.05, 0.1) is 40.8 Å². The number of anilines is 1. The Morgan fingerprint density at radius 2 is 1.73 bits per heavy atom. The number of benzene rings is 2. The van der Waals surface area contributed by atoms with Crippen molar-refractivity contribution < 1.29 is 24.5 Å². The molecule has 0 spiro atoms. The molecule has 0 aliphatic carbocycles. The van der Waals surface area contributed by atoms with Gasteiger partial charge in [0.15, 0.2) is 5.82 Å². The molecule has 0 saturated carbocycles. The number of methoxy groups -OCH3 is 1. The van der Waals surface area contributed by atoms with Gasteiger partial charge in [-0.05, 0) is 19.2 Å². The highest BCUT2D eigenvalue weighted by atomic mass is 35.5. The molecule has 1 amide bonds. The highest BCUT2D eigenvalue weighted by molar-refractivity contribution is 6.39. The number of fused-ring (bicyclic) bond motifs is 1. The normalized spacial score (nSPS) is 13.8. The fourth-order valence-electron chi connectivity index (χ4n) is 5.21. The van der Waals surface area contributed by atoms with Crippen LogP contribution in [0.1, 0.15) is 27.6 Å². The topological polar surface area (TPSA) is 142 Å². The van der Waals surface area contributed by atoms with E-state index in [4.69, 9.17) is 27.9 Å². The fraction of sp³-hybridized carbons (Fsp3) is 0.290. The molecule has 230 valence electrons. The first-order valence-electron chi connectivity index (χ1n) is 13.9. The lowest BCUT2D eigenvalue weighted by Gasteiger charge is -2.21. The van der Waals surface area contributed by atoms with Gasteiger partial charge in [-0.25, -0.2) is 9.97 Å². The molecule has 0 saturated heterocycles. The monoisotopic (exact) mass is 638 g/mol. The minimum absolute atomic E-state index is 0.119. The van der Waals surface area contributed by atoms with Crippen LogP contribution < -0.4 is 15.4 Å². The third kappa shape index (κ3) is 6.28. The molecule has 5 rings (SSSR count). The predicted octanol–water partition coefficient (Wildman–Crippen LogP) is 4.24. The van der Waals surface area contributed by atoms with Crippen molar-refractivity contribution in [3.05, 3.63) is 81.4 Å². The van der Waals surface area contributed by atoms with E-state index in [1.807, 2.05) is 42.9 Å². The van der Waals surface area contributed by atoms with Gasteiger partial charge >= 0.3 is 5.97 Å². The molecule has 1 aliphatic heterocycles. The van der Waals surface area contributed by atoms with E-state index in [0.717, 1.165) is 24.4 Å². The maximum Gasteiger partial charge on any atom is 0.323 e. The molecule has 0 bridgehead atoms. The molecule has 1 atom stereocenters. The summed E-state index contributed by atoms with van der Waals surface area (Å²) in [6, 6.07) is 13.2. The second-order valence-corrected chi connectivity index (χ2v) is 11.2. The number of halogens is 2. The summed E-state index contributed by atoms with van der Waals surface area (Å²) in [5, 5.41) is 24.9. The number of imidazole rings is 1. The van der Waals surface area contributed by atoms with Crippen LogP contribution in [0.2, 0.25) is 10.0 Å². The third-order valence-electron chi connectivity index (χ3n) is 7.61. The van der Waals surface area contributed by atoms with Gasteiger partial charge in [0.25, 0.3) is 5.91 Å². The van der Waals surface area contributed by atoms with E-state index in [0.29, 0.717) is 56.0 Å². The van der Waals surface area contributed by atoms with E-state index in [1.54, 1.807) is 24.3 Å². The summed E-state index contributed by atoms with van der Waals surface area (Å²) < 4.78 is 7.31. The van der Waals surface area contributed by atoms with Crippen LogP contribution in [-0.2, 0) is 31.4 Å². The predicted molar refractivity (Wildman–Crippen MR) is 168 cm³/mol. The molecule has 0 fully saturated rings. The Kier molecular flexibility index (Phi) is 9.52. The van der Waals surface area contributed by atoms with Gasteiger partial charge in [0.1, 0.15) is 6.04 Å². The number of aliphatic hydroxyl groups is 1. The van der Waals surface area contributed by atoms with E-state index >= 15 is 0 Å². The minimum Gasteiger partial charge on any atom is -0.481 e. The van der Waals surface area contributed by atoms with Crippen LogP contribution in [0, 0.1) is 0 Å². The number of carboxylic acids is 1. The number of hydrogen-bond acceptors (Lipinski definition) is 8. The van der Waals surface area contributed by atoms with Crippen LogP contribution in [0.5, 0.6) is 5.88 Å². The second-order valence-electron chi connectivity index (χ2n) is 10.5. The molecule has 0 unspecified atom stereocenters. The first-order chi connectivity index (χ1) is 21.1. The number of carboxylic acid groups (broad SMARTS) is 1. The zero-order valence-corrected chi connectivity index (χ0v) is 25.9. The van der Waals surface area contributed by atoms with Crippen molar-refractivity contribution in [1.82, 2.24) is 24.8 Å². The SMILES string of the molecule is COc1nc(-c2cccc(-c3cccc(NC(=O)c4nc5c(n4C)CCN(C)C5)c3Cl)c2Cl)ccc1CN[C@@H](CO)C(=O)O. The van der Waals surface area contributed by atoms with Crippen molar-refractivity contribution in [3.63, 3.8) is 0 Å². The van der Waals surface area contributed by atoms with Gasteiger partial charge < -0.3 is 29.7 Å². The lowest BCUT2D eigenvalue weighted by atomic mass is 10.00. The number of nitrogens with one attached hydrogen (secondary N) is 2. The lowest BCUT2D eigenvalue weighted by molar-refractivity contribution is -0.140. The number of nitrogens with zero attached hydrogens (tertiary/aromatic N) is 4. The van der Waals surface area contributed by atoms with Crippen LogP contribution in [0.25, 0.3) is 22.4 Å². The van der Waals surface area contributed by atoms with Crippen molar-refractivity contribution in [2.75, 3.05) is 32.6 Å². The second kappa shape index (κ2) is 13.3. The van der Waals surface area contributed by atoms with Gasteiger partial charge in [-0.2, -0.15) is 0 Å². The number of aliphatic carboxylic acids is 1. The number of aliphatic hydroxyl groups excluding tert-OH is 1. The fourth-order valence-corrected chi connectivity index (χ4v) is 5.81. The van der Waals surface area contributed by atoms with Crippen LogP contribution in [0.15, 0.2) is 48.5 Å².